The summed E-state index contributed by atoms with van der Waals surface area (Å²) in [7, 11) is 0. The molecule has 0 saturated carbocycles. The number of thiophene rings is 1. The van der Waals surface area contributed by atoms with Gasteiger partial charge in [0.2, 0.25) is 5.91 Å². The van der Waals surface area contributed by atoms with Crippen molar-refractivity contribution in [1.29, 1.82) is 0 Å². The topological polar surface area (TPSA) is 62.5 Å². The third kappa shape index (κ3) is 3.82. The number of rotatable bonds is 6. The van der Waals surface area contributed by atoms with Crippen LogP contribution in [-0.4, -0.2) is 21.6 Å². The zero-order chi connectivity index (χ0) is 22.1. The minimum Gasteiger partial charge on any atom is -0.480 e. The van der Waals surface area contributed by atoms with E-state index in [-0.39, 0.29) is 18.4 Å². The molecule has 5 rings (SSSR count). The van der Waals surface area contributed by atoms with Gasteiger partial charge in [-0.15, -0.1) is 0 Å². The second-order valence-corrected chi connectivity index (χ2v) is 9.03. The number of aliphatic carboxylic acids is 1. The molecule has 32 heavy (non-hydrogen) atoms. The van der Waals surface area contributed by atoms with E-state index < -0.39 is 5.97 Å². The fraction of sp³-hybridized carbons (Fsp3) is 0.231. The summed E-state index contributed by atoms with van der Waals surface area (Å²) in [6.45, 7) is 0.490. The van der Waals surface area contributed by atoms with Gasteiger partial charge < -0.3 is 14.6 Å². The number of carboxylic acids is 1. The van der Waals surface area contributed by atoms with Crippen molar-refractivity contribution in [2.45, 2.75) is 32.4 Å². The van der Waals surface area contributed by atoms with Crippen molar-refractivity contribution >= 4 is 39.8 Å². The van der Waals surface area contributed by atoms with Crippen LogP contribution in [0, 0.1) is 5.92 Å². The molecule has 1 unspecified atom stereocenters. The molecule has 2 heterocycles. The van der Waals surface area contributed by atoms with Crippen molar-refractivity contribution in [3.63, 3.8) is 0 Å². The molecule has 1 aliphatic carbocycles. The summed E-state index contributed by atoms with van der Waals surface area (Å²) < 4.78 is 1.91. The second-order valence-electron chi connectivity index (χ2n) is 8.25. The van der Waals surface area contributed by atoms with Gasteiger partial charge in [-0.25, -0.2) is 0 Å². The fourth-order valence-corrected chi connectivity index (χ4v) is 5.46. The molecule has 2 aromatic heterocycles. The number of amides is 1. The Morgan fingerprint density at radius 2 is 1.84 bits per heavy atom. The molecule has 0 aliphatic heterocycles. The molecule has 6 heteroatoms. The SMILES string of the molecule is O=C(O)Cn1c2c(c3ccccc31)CC(C(=O)N(Cc1ccccc1)c1ccsc1)CC2. The highest BCUT2D eigenvalue weighted by Crippen LogP contribution is 2.36. The zero-order valence-corrected chi connectivity index (χ0v) is 18.4. The molecular weight excluding hydrogens is 420 g/mol. The fourth-order valence-electron chi connectivity index (χ4n) is 4.82. The number of benzene rings is 2. The van der Waals surface area contributed by atoms with Gasteiger partial charge in [0.15, 0.2) is 0 Å². The molecule has 0 fully saturated rings. The Morgan fingerprint density at radius 3 is 2.59 bits per heavy atom. The molecule has 1 amide bonds. The summed E-state index contributed by atoms with van der Waals surface area (Å²) in [5, 5.41) is 14.5. The van der Waals surface area contributed by atoms with Gasteiger partial charge in [0, 0.05) is 27.9 Å². The lowest BCUT2D eigenvalue weighted by Crippen LogP contribution is -2.38. The highest BCUT2D eigenvalue weighted by molar-refractivity contribution is 7.08. The van der Waals surface area contributed by atoms with Crippen LogP contribution in [0.15, 0.2) is 71.4 Å². The number of hydrogen-bond donors (Lipinski definition) is 1. The summed E-state index contributed by atoms with van der Waals surface area (Å²) in [4.78, 5) is 27.1. The largest absolute Gasteiger partial charge is 0.480 e. The van der Waals surface area contributed by atoms with Crippen LogP contribution in [0.4, 0.5) is 5.69 Å². The molecule has 1 atom stereocenters. The van der Waals surface area contributed by atoms with E-state index >= 15 is 0 Å². The van der Waals surface area contributed by atoms with E-state index in [0.29, 0.717) is 19.4 Å². The third-order valence-corrected chi connectivity index (χ3v) is 6.96. The van der Waals surface area contributed by atoms with Crippen LogP contribution in [0.2, 0.25) is 0 Å². The maximum atomic E-state index is 13.8. The highest BCUT2D eigenvalue weighted by Gasteiger charge is 2.32. The molecule has 1 aliphatic rings. The average molecular weight is 445 g/mol. The molecule has 4 aromatic rings. The number of anilines is 1. The van der Waals surface area contributed by atoms with E-state index in [1.54, 1.807) is 11.3 Å². The zero-order valence-electron chi connectivity index (χ0n) is 17.6. The van der Waals surface area contributed by atoms with E-state index in [9.17, 15) is 14.7 Å². The summed E-state index contributed by atoms with van der Waals surface area (Å²) >= 11 is 1.59. The van der Waals surface area contributed by atoms with E-state index in [4.69, 9.17) is 0 Å². The molecule has 0 bridgehead atoms. The summed E-state index contributed by atoms with van der Waals surface area (Å²) in [5.74, 6) is -0.846. The highest BCUT2D eigenvalue weighted by atomic mass is 32.1. The van der Waals surface area contributed by atoms with Gasteiger partial charge in [-0.3, -0.25) is 9.59 Å². The number of hydrogen-bond acceptors (Lipinski definition) is 3. The summed E-state index contributed by atoms with van der Waals surface area (Å²) in [6.07, 6.45) is 2.06. The lowest BCUT2D eigenvalue weighted by atomic mass is 9.85. The van der Waals surface area contributed by atoms with Gasteiger partial charge in [0.25, 0.3) is 0 Å². The number of para-hydroxylation sites is 1. The van der Waals surface area contributed by atoms with Crippen molar-refractivity contribution < 1.29 is 14.7 Å². The Kier molecular flexibility index (Phi) is 5.53. The van der Waals surface area contributed by atoms with Gasteiger partial charge in [-0.1, -0.05) is 48.5 Å². The lowest BCUT2D eigenvalue weighted by Gasteiger charge is -2.29. The molecule has 2 aromatic carbocycles. The van der Waals surface area contributed by atoms with Crippen molar-refractivity contribution in [2.24, 2.45) is 5.92 Å². The van der Waals surface area contributed by atoms with Gasteiger partial charge >= 0.3 is 5.97 Å². The molecular formula is C26H24N2O3S. The third-order valence-electron chi connectivity index (χ3n) is 6.28. The normalized spacial score (nSPS) is 15.4. The van der Waals surface area contributed by atoms with Crippen molar-refractivity contribution in [3.8, 4) is 0 Å². The van der Waals surface area contributed by atoms with Crippen LogP contribution in [-0.2, 0) is 35.5 Å². The number of nitrogens with zero attached hydrogens (tertiary/aromatic N) is 2. The first-order valence-corrected chi connectivity index (χ1v) is 11.7. The maximum absolute atomic E-state index is 13.8. The average Bonchev–Trinajstić information content (AvgIpc) is 3.45. The van der Waals surface area contributed by atoms with Crippen molar-refractivity contribution in [3.05, 3.63) is 88.2 Å². The van der Waals surface area contributed by atoms with Crippen LogP contribution < -0.4 is 4.90 Å². The van der Waals surface area contributed by atoms with Crippen molar-refractivity contribution in [2.75, 3.05) is 4.90 Å². The molecule has 162 valence electrons. The van der Waals surface area contributed by atoms with E-state index in [2.05, 4.69) is 0 Å². The van der Waals surface area contributed by atoms with Crippen LogP contribution in [0.25, 0.3) is 10.9 Å². The molecule has 5 nitrogen and oxygen atoms in total. The maximum Gasteiger partial charge on any atom is 0.323 e. The van der Waals surface area contributed by atoms with Gasteiger partial charge in [0.1, 0.15) is 6.54 Å². The summed E-state index contributed by atoms with van der Waals surface area (Å²) in [6, 6.07) is 20.0. The van der Waals surface area contributed by atoms with Gasteiger partial charge in [0.05, 0.1) is 12.2 Å². The predicted molar refractivity (Wildman–Crippen MR) is 127 cm³/mol. The predicted octanol–water partition coefficient (Wildman–Crippen LogP) is 5.13. The van der Waals surface area contributed by atoms with E-state index in [0.717, 1.165) is 39.8 Å². The Balaban J connectivity index is 1.48. The quantitative estimate of drug-likeness (QED) is 0.449. The first-order valence-electron chi connectivity index (χ1n) is 10.8. The number of aromatic nitrogens is 1. The Morgan fingerprint density at radius 1 is 1.06 bits per heavy atom. The first kappa shape index (κ1) is 20.5. The number of carbonyl (C=O) groups is 2. The standard InChI is InChI=1S/C26H24N2O3S/c29-25(30)16-28-23-9-5-4-8-21(23)22-14-19(10-11-24(22)28)26(31)27(20-12-13-32-17-20)15-18-6-2-1-3-7-18/h1-9,12-13,17,19H,10-11,14-16H2,(H,29,30). The number of fused-ring (bicyclic) bond motifs is 3. The second kappa shape index (κ2) is 8.63. The smallest absolute Gasteiger partial charge is 0.323 e. The Labute approximate surface area is 190 Å². The molecule has 0 saturated heterocycles. The van der Waals surface area contributed by atoms with Gasteiger partial charge in [-0.05, 0) is 47.9 Å². The lowest BCUT2D eigenvalue weighted by molar-refractivity contribution is -0.137. The van der Waals surface area contributed by atoms with Crippen molar-refractivity contribution in [1.82, 2.24) is 4.57 Å². The summed E-state index contributed by atoms with van der Waals surface area (Å²) in [5.41, 5.74) is 5.15. The molecule has 0 radical (unpaired) electrons. The first-order chi connectivity index (χ1) is 15.6. The minimum atomic E-state index is -0.849. The molecule has 1 N–H and O–H groups in total. The monoisotopic (exact) mass is 444 g/mol. The van der Waals surface area contributed by atoms with Crippen LogP contribution in [0.1, 0.15) is 23.2 Å². The van der Waals surface area contributed by atoms with Crippen LogP contribution in [0.3, 0.4) is 0 Å². The van der Waals surface area contributed by atoms with E-state index in [1.165, 1.54) is 0 Å². The minimum absolute atomic E-state index is 0.0521. The Hall–Kier alpha value is -3.38. The van der Waals surface area contributed by atoms with E-state index in [1.807, 2.05) is 80.9 Å². The number of carboxylic acid groups (broad SMARTS) is 1. The van der Waals surface area contributed by atoms with Gasteiger partial charge in [-0.2, -0.15) is 11.3 Å². The Bertz CT molecular complexity index is 1260. The number of carbonyl (C=O) groups excluding carboxylic acids is 1. The molecule has 0 spiro atoms. The van der Waals surface area contributed by atoms with Crippen LogP contribution >= 0.6 is 11.3 Å². The van der Waals surface area contributed by atoms with Crippen LogP contribution in [0.5, 0.6) is 0 Å².